The van der Waals surface area contributed by atoms with Gasteiger partial charge in [0, 0.05) is 5.71 Å². The van der Waals surface area contributed by atoms with Crippen molar-refractivity contribution in [3.63, 3.8) is 0 Å². The van der Waals surface area contributed by atoms with Crippen LogP contribution in [0.5, 0.6) is 0 Å². The van der Waals surface area contributed by atoms with Gasteiger partial charge in [0.25, 0.3) is 5.91 Å². The summed E-state index contributed by atoms with van der Waals surface area (Å²) >= 11 is 0. The van der Waals surface area contributed by atoms with Crippen LogP contribution in [0.4, 0.5) is 5.69 Å². The number of amides is 1. The van der Waals surface area contributed by atoms with Crippen LogP contribution in [0.1, 0.15) is 26.7 Å². The minimum Gasteiger partial charge on any atom is -0.394 e. The molecule has 1 N–H and O–H groups in total. The summed E-state index contributed by atoms with van der Waals surface area (Å²) in [4.78, 5) is 16.9. The van der Waals surface area contributed by atoms with Crippen molar-refractivity contribution in [2.75, 3.05) is 18.2 Å². The molecule has 1 amide bonds. The topological polar surface area (TPSA) is 65.3 Å². The Bertz CT molecular complexity index is 552. The van der Waals surface area contributed by atoms with Crippen LogP contribution in [0.3, 0.4) is 0 Å². The number of nitrogens with zero attached hydrogens (tertiary/aromatic N) is 3. The van der Waals surface area contributed by atoms with E-state index in [4.69, 9.17) is 5.11 Å². The zero-order chi connectivity index (χ0) is 15.2. The van der Waals surface area contributed by atoms with Gasteiger partial charge in [-0.2, -0.15) is 10.1 Å². The van der Waals surface area contributed by atoms with Gasteiger partial charge in [-0.1, -0.05) is 31.5 Å². The summed E-state index contributed by atoms with van der Waals surface area (Å²) < 4.78 is 0. The van der Waals surface area contributed by atoms with Gasteiger partial charge in [0.1, 0.15) is 5.92 Å². The van der Waals surface area contributed by atoms with E-state index in [1.165, 1.54) is 5.01 Å². The lowest BCUT2D eigenvalue weighted by atomic mass is 9.95. The van der Waals surface area contributed by atoms with Gasteiger partial charge in [0.2, 0.25) is 0 Å². The largest absolute Gasteiger partial charge is 0.394 e. The van der Waals surface area contributed by atoms with Crippen LogP contribution in [-0.2, 0) is 4.79 Å². The number of para-hydroxylation sites is 1. The SMILES string of the molecule is CCCC1=NN(c2ccccc2)C(=O)[C@@H]1C(C)=NCCO. The fourth-order valence-electron chi connectivity index (χ4n) is 2.44. The molecule has 1 atom stereocenters. The quantitative estimate of drug-likeness (QED) is 0.816. The van der Waals surface area contributed by atoms with E-state index in [0.717, 1.165) is 30.0 Å². The van der Waals surface area contributed by atoms with Crippen LogP contribution in [0.25, 0.3) is 0 Å². The smallest absolute Gasteiger partial charge is 0.261 e. The van der Waals surface area contributed by atoms with E-state index >= 15 is 0 Å². The van der Waals surface area contributed by atoms with Crippen molar-refractivity contribution in [3.05, 3.63) is 30.3 Å². The number of aliphatic hydroxyl groups is 1. The average molecular weight is 287 g/mol. The maximum atomic E-state index is 12.7. The number of hydrazone groups is 1. The first-order valence-corrected chi connectivity index (χ1v) is 7.27. The lowest BCUT2D eigenvalue weighted by Gasteiger charge is -2.14. The summed E-state index contributed by atoms with van der Waals surface area (Å²) in [5, 5.41) is 14.9. The summed E-state index contributed by atoms with van der Waals surface area (Å²) in [7, 11) is 0. The summed E-state index contributed by atoms with van der Waals surface area (Å²) in [6, 6.07) is 9.42. The fourth-order valence-corrected chi connectivity index (χ4v) is 2.44. The van der Waals surface area contributed by atoms with Crippen molar-refractivity contribution in [1.82, 2.24) is 0 Å². The summed E-state index contributed by atoms with van der Waals surface area (Å²) in [5.41, 5.74) is 2.35. The van der Waals surface area contributed by atoms with Gasteiger partial charge in [-0.25, -0.2) is 0 Å². The van der Waals surface area contributed by atoms with E-state index in [1.54, 1.807) is 0 Å². The van der Waals surface area contributed by atoms with E-state index in [-0.39, 0.29) is 12.5 Å². The first-order valence-electron chi connectivity index (χ1n) is 7.27. The monoisotopic (exact) mass is 287 g/mol. The number of hydrogen-bond acceptors (Lipinski definition) is 4. The van der Waals surface area contributed by atoms with Crippen molar-refractivity contribution in [2.24, 2.45) is 16.0 Å². The van der Waals surface area contributed by atoms with Crippen LogP contribution >= 0.6 is 0 Å². The highest BCUT2D eigenvalue weighted by Crippen LogP contribution is 2.26. The molecule has 0 fully saturated rings. The zero-order valence-corrected chi connectivity index (χ0v) is 12.5. The summed E-state index contributed by atoms with van der Waals surface area (Å²) in [5.74, 6) is -0.458. The zero-order valence-electron chi connectivity index (χ0n) is 12.5. The molecule has 1 aromatic carbocycles. The Labute approximate surface area is 125 Å². The molecule has 0 bridgehead atoms. The van der Waals surface area contributed by atoms with Crippen LogP contribution in [0.15, 0.2) is 40.4 Å². The maximum absolute atomic E-state index is 12.7. The lowest BCUT2D eigenvalue weighted by molar-refractivity contribution is -0.118. The van der Waals surface area contributed by atoms with E-state index in [0.29, 0.717) is 6.54 Å². The predicted octanol–water partition coefficient (Wildman–Crippen LogP) is 2.26. The Morgan fingerprint density at radius 3 is 2.71 bits per heavy atom. The van der Waals surface area contributed by atoms with Crippen LogP contribution in [0, 0.1) is 5.92 Å². The summed E-state index contributed by atoms with van der Waals surface area (Å²) in [6.45, 7) is 4.20. The van der Waals surface area contributed by atoms with Gasteiger partial charge >= 0.3 is 0 Å². The minimum absolute atomic E-state index is 0.0130. The molecule has 1 aliphatic rings. The molecule has 0 unspecified atom stereocenters. The highest BCUT2D eigenvalue weighted by Gasteiger charge is 2.37. The minimum atomic E-state index is -0.392. The Balaban J connectivity index is 2.30. The highest BCUT2D eigenvalue weighted by molar-refractivity contribution is 6.28. The second-order valence-electron chi connectivity index (χ2n) is 5.01. The molecule has 5 heteroatoms. The molecule has 1 aromatic rings. The van der Waals surface area contributed by atoms with Gasteiger partial charge in [0.15, 0.2) is 0 Å². The van der Waals surface area contributed by atoms with Gasteiger partial charge in [-0.3, -0.25) is 9.79 Å². The Hall–Kier alpha value is -2.01. The number of aliphatic hydroxyl groups excluding tert-OH is 1. The van der Waals surface area contributed by atoms with Gasteiger partial charge < -0.3 is 5.11 Å². The van der Waals surface area contributed by atoms with Crippen molar-refractivity contribution >= 4 is 23.0 Å². The molecule has 0 saturated heterocycles. The molecule has 0 aliphatic carbocycles. The van der Waals surface area contributed by atoms with Crippen LogP contribution < -0.4 is 5.01 Å². The molecular weight excluding hydrogens is 266 g/mol. The second-order valence-corrected chi connectivity index (χ2v) is 5.01. The van der Waals surface area contributed by atoms with Crippen LogP contribution in [-0.4, -0.2) is 35.6 Å². The van der Waals surface area contributed by atoms with E-state index in [1.807, 2.05) is 37.3 Å². The molecule has 2 rings (SSSR count). The molecule has 0 aromatic heterocycles. The van der Waals surface area contributed by atoms with Crippen LogP contribution in [0.2, 0.25) is 0 Å². The number of carbonyl (C=O) groups excluding carboxylic acids is 1. The predicted molar refractivity (Wildman–Crippen MR) is 84.8 cm³/mol. The molecule has 0 radical (unpaired) electrons. The van der Waals surface area contributed by atoms with E-state index in [9.17, 15) is 4.79 Å². The number of anilines is 1. The maximum Gasteiger partial charge on any atom is 0.261 e. The number of hydrogen-bond donors (Lipinski definition) is 1. The van der Waals surface area contributed by atoms with Gasteiger partial charge in [-0.05, 0) is 25.5 Å². The second kappa shape index (κ2) is 7.13. The van der Waals surface area contributed by atoms with Crippen molar-refractivity contribution in [1.29, 1.82) is 0 Å². The Morgan fingerprint density at radius 2 is 2.10 bits per heavy atom. The fraction of sp³-hybridized carbons (Fsp3) is 0.438. The third-order valence-electron chi connectivity index (χ3n) is 3.40. The Morgan fingerprint density at radius 1 is 1.38 bits per heavy atom. The number of benzene rings is 1. The molecule has 1 aliphatic heterocycles. The van der Waals surface area contributed by atoms with Crippen molar-refractivity contribution in [2.45, 2.75) is 26.7 Å². The Kier molecular flexibility index (Phi) is 5.22. The molecule has 5 nitrogen and oxygen atoms in total. The third kappa shape index (κ3) is 3.36. The standard InChI is InChI=1S/C16H21N3O2/c1-3-7-14-15(12(2)17-10-11-20)16(21)19(18-14)13-8-5-4-6-9-13/h4-6,8-9,15,20H,3,7,10-11H2,1-2H3/t15-/m1/s1. The molecule has 0 saturated carbocycles. The number of rotatable bonds is 6. The van der Waals surface area contributed by atoms with Gasteiger partial charge in [0.05, 0.1) is 24.6 Å². The van der Waals surface area contributed by atoms with E-state index < -0.39 is 5.92 Å². The molecule has 112 valence electrons. The average Bonchev–Trinajstić information content (AvgIpc) is 2.83. The van der Waals surface area contributed by atoms with E-state index in [2.05, 4.69) is 17.0 Å². The molecule has 1 heterocycles. The molecule has 21 heavy (non-hydrogen) atoms. The third-order valence-corrected chi connectivity index (χ3v) is 3.40. The molecule has 0 spiro atoms. The van der Waals surface area contributed by atoms with Crippen molar-refractivity contribution in [3.8, 4) is 0 Å². The first-order chi connectivity index (χ1) is 10.2. The number of carbonyl (C=O) groups is 1. The van der Waals surface area contributed by atoms with Gasteiger partial charge in [-0.15, -0.1) is 0 Å². The lowest BCUT2D eigenvalue weighted by Crippen LogP contribution is -2.32. The molecular formula is C16H21N3O2. The van der Waals surface area contributed by atoms with Crippen molar-refractivity contribution < 1.29 is 9.90 Å². The summed E-state index contributed by atoms with van der Waals surface area (Å²) in [6.07, 6.45) is 1.70. The first kappa shape index (κ1) is 15.4. The normalized spacial score (nSPS) is 19.1. The highest BCUT2D eigenvalue weighted by atomic mass is 16.3. The number of aliphatic imine (C=N–C) groups is 1.